The molecule has 0 unspecified atom stereocenters. The number of aromatic nitrogens is 5. The summed E-state index contributed by atoms with van der Waals surface area (Å²) in [5, 5.41) is 30.9. The molecular weight excluding hydrogens is 928 g/mol. The van der Waals surface area contributed by atoms with Gasteiger partial charge in [-0.2, -0.15) is 14.9 Å². The van der Waals surface area contributed by atoms with Crippen molar-refractivity contribution in [2.24, 2.45) is 16.7 Å². The highest BCUT2D eigenvalue weighted by Gasteiger charge is 2.64. The lowest BCUT2D eigenvalue weighted by Gasteiger charge is -2.63. The number of piperidine rings is 2. The number of carbonyl (C=O) groups excluding carboxylic acids is 1. The molecule has 3 N–H and O–H groups in total. The molecular formula is C55H73ClN12O4. The van der Waals surface area contributed by atoms with Crippen molar-refractivity contribution in [2.45, 2.75) is 111 Å². The van der Waals surface area contributed by atoms with Crippen molar-refractivity contribution in [1.82, 2.24) is 39.7 Å². The number of hydrogen-bond donors (Lipinski definition) is 3. The van der Waals surface area contributed by atoms with Gasteiger partial charge in [-0.15, -0.1) is 0 Å². The monoisotopic (exact) mass is 1000 g/mol. The van der Waals surface area contributed by atoms with Crippen molar-refractivity contribution < 1.29 is 19.4 Å². The minimum atomic E-state index is -0.349. The Morgan fingerprint density at radius 2 is 1.69 bits per heavy atom. The first kappa shape index (κ1) is 51.2. The number of pyridine rings is 2. The van der Waals surface area contributed by atoms with Gasteiger partial charge in [-0.05, 0) is 87.1 Å². The Hall–Kier alpha value is -5.73. The van der Waals surface area contributed by atoms with Gasteiger partial charge in [0.2, 0.25) is 5.88 Å². The zero-order chi connectivity index (χ0) is 50.4. The Morgan fingerprint density at radius 3 is 2.39 bits per heavy atom. The summed E-state index contributed by atoms with van der Waals surface area (Å²) in [6, 6.07) is 17.4. The number of anilines is 3. The number of rotatable bonds is 19. The van der Waals surface area contributed by atoms with Gasteiger partial charge >= 0.3 is 0 Å². The number of nitrogens with one attached hydrogen (secondary N) is 2. The Kier molecular flexibility index (Phi) is 16.1. The molecule has 3 aliphatic heterocycles. The number of nitriles is 1. The molecule has 72 heavy (non-hydrogen) atoms. The van der Waals surface area contributed by atoms with Gasteiger partial charge in [-0.1, -0.05) is 52.3 Å². The average molecular weight is 1000 g/mol. The molecule has 0 bridgehead atoms. The fourth-order valence-corrected chi connectivity index (χ4v) is 12.2. The number of carbonyl (C=O) groups is 1. The predicted molar refractivity (Wildman–Crippen MR) is 282 cm³/mol. The number of halogens is 1. The third-order valence-electron chi connectivity index (χ3n) is 15.8. The second-order valence-corrected chi connectivity index (χ2v) is 21.9. The van der Waals surface area contributed by atoms with E-state index in [1.165, 1.54) is 6.42 Å². The maximum Gasteiger partial charge on any atom is 0.253 e. The van der Waals surface area contributed by atoms with Gasteiger partial charge in [0, 0.05) is 131 Å². The highest BCUT2D eigenvalue weighted by atomic mass is 35.5. The molecule has 4 fully saturated rings. The van der Waals surface area contributed by atoms with E-state index in [-0.39, 0.29) is 41.5 Å². The van der Waals surface area contributed by atoms with E-state index in [9.17, 15) is 15.2 Å². The number of piperazine rings is 1. The van der Waals surface area contributed by atoms with E-state index in [1.807, 2.05) is 35.1 Å². The maximum atomic E-state index is 13.5. The Morgan fingerprint density at radius 1 is 0.903 bits per heavy atom. The number of aliphatic hydroxyl groups is 1. The van der Waals surface area contributed by atoms with Crippen LogP contribution >= 0.6 is 11.6 Å². The molecule has 9 rings (SSSR count). The number of hydrogen-bond acceptors (Lipinski definition) is 14. The molecule has 3 saturated heterocycles. The van der Waals surface area contributed by atoms with E-state index in [0.29, 0.717) is 46.8 Å². The van der Waals surface area contributed by atoms with Gasteiger partial charge in [-0.3, -0.25) is 4.79 Å². The topological polar surface area (TPSA) is 173 Å². The minimum Gasteiger partial charge on any atom is -0.489 e. The first-order valence-corrected chi connectivity index (χ1v) is 26.6. The summed E-state index contributed by atoms with van der Waals surface area (Å²) in [5.74, 6) is 4.52. The first-order chi connectivity index (χ1) is 34.8. The number of aryl methyl sites for hydroxylation is 1. The molecule has 1 amide bonds. The molecule has 0 spiro atoms. The summed E-state index contributed by atoms with van der Waals surface area (Å²) >= 11 is 6.28. The van der Waals surface area contributed by atoms with Crippen LogP contribution in [-0.4, -0.2) is 136 Å². The van der Waals surface area contributed by atoms with Crippen molar-refractivity contribution in [1.29, 1.82) is 5.26 Å². The van der Waals surface area contributed by atoms with Crippen molar-refractivity contribution in [2.75, 3.05) is 87.2 Å². The maximum absolute atomic E-state index is 13.5. The summed E-state index contributed by atoms with van der Waals surface area (Å²) in [6.45, 7) is 21.3. The lowest BCUT2D eigenvalue weighted by Crippen LogP contribution is -2.74. The molecule has 16 nitrogen and oxygen atoms in total. The van der Waals surface area contributed by atoms with E-state index in [2.05, 4.69) is 93.1 Å². The molecule has 17 heteroatoms. The normalized spacial score (nSPS) is 21.5. The van der Waals surface area contributed by atoms with Crippen LogP contribution in [0.25, 0.3) is 5.65 Å². The molecule has 1 atom stereocenters. The SMILES string of the molecule is CCc1cnn2c(NCc3ccc(OCCCN4CCN(CC5CCN(c6ccc(C(=O)N[C@H]7C(C)(C)[C@H](Oc8ccc(C#N)c(Cl)c8)C7(C)C)cn6)CC5)CC4)nc3)cc(N3CCCC[C@@H]3CCO)nc12. The van der Waals surface area contributed by atoms with Crippen molar-refractivity contribution in [3.05, 3.63) is 94.4 Å². The van der Waals surface area contributed by atoms with Crippen LogP contribution in [0.3, 0.4) is 0 Å². The third kappa shape index (κ3) is 11.4. The number of benzene rings is 1. The van der Waals surface area contributed by atoms with Crippen LogP contribution in [0.1, 0.15) is 107 Å². The lowest BCUT2D eigenvalue weighted by molar-refractivity contribution is -0.164. The highest BCUT2D eigenvalue weighted by molar-refractivity contribution is 6.31. The molecule has 0 radical (unpaired) electrons. The summed E-state index contributed by atoms with van der Waals surface area (Å²) in [6.07, 6.45) is 13.5. The number of aliphatic hydroxyl groups excluding tert-OH is 1. The second kappa shape index (κ2) is 22.6. The van der Waals surface area contributed by atoms with Crippen LogP contribution in [0.15, 0.2) is 67.1 Å². The van der Waals surface area contributed by atoms with E-state index in [0.717, 1.165) is 138 Å². The Bertz CT molecular complexity index is 2640. The highest BCUT2D eigenvalue weighted by Crippen LogP contribution is 2.55. The third-order valence-corrected chi connectivity index (χ3v) is 16.1. The Balaban J connectivity index is 0.658. The van der Waals surface area contributed by atoms with Gasteiger partial charge < -0.3 is 44.8 Å². The fourth-order valence-electron chi connectivity index (χ4n) is 12.0. The van der Waals surface area contributed by atoms with Crippen molar-refractivity contribution >= 4 is 40.6 Å². The summed E-state index contributed by atoms with van der Waals surface area (Å²) in [4.78, 5) is 37.9. The van der Waals surface area contributed by atoms with Crippen LogP contribution in [0.2, 0.25) is 5.02 Å². The van der Waals surface area contributed by atoms with E-state index >= 15 is 0 Å². The fraction of sp³-hybridized carbons (Fsp3) is 0.564. The van der Waals surface area contributed by atoms with Crippen LogP contribution in [-0.2, 0) is 13.0 Å². The predicted octanol–water partition coefficient (Wildman–Crippen LogP) is 7.88. The van der Waals surface area contributed by atoms with Crippen LogP contribution in [0.4, 0.5) is 17.5 Å². The second-order valence-electron chi connectivity index (χ2n) is 21.5. The molecule has 1 aromatic carbocycles. The zero-order valence-electron chi connectivity index (χ0n) is 42.8. The van der Waals surface area contributed by atoms with E-state index in [4.69, 9.17) is 31.0 Å². The summed E-state index contributed by atoms with van der Waals surface area (Å²) in [5.41, 5.74) is 3.30. The largest absolute Gasteiger partial charge is 0.489 e. The van der Waals surface area contributed by atoms with Gasteiger partial charge in [0.25, 0.3) is 5.91 Å². The lowest BCUT2D eigenvalue weighted by atomic mass is 9.49. The van der Waals surface area contributed by atoms with Crippen LogP contribution in [0.5, 0.6) is 11.6 Å². The van der Waals surface area contributed by atoms with Gasteiger partial charge in [0.05, 0.1) is 29.0 Å². The average Bonchev–Trinajstić information content (AvgIpc) is 3.82. The Labute approximate surface area is 430 Å². The molecule has 4 aliphatic rings. The summed E-state index contributed by atoms with van der Waals surface area (Å²) in [7, 11) is 0. The van der Waals surface area contributed by atoms with Crippen molar-refractivity contribution in [3.8, 4) is 17.7 Å². The molecule has 7 heterocycles. The summed E-state index contributed by atoms with van der Waals surface area (Å²) < 4.78 is 14.4. The molecule has 5 aromatic rings. The first-order valence-electron chi connectivity index (χ1n) is 26.2. The number of fused-ring (bicyclic) bond motifs is 1. The zero-order valence-corrected chi connectivity index (χ0v) is 43.6. The quantitative estimate of drug-likeness (QED) is 0.0683. The minimum absolute atomic E-state index is 0.127. The van der Waals surface area contributed by atoms with E-state index < -0.39 is 0 Å². The van der Waals surface area contributed by atoms with Crippen LogP contribution < -0.4 is 29.9 Å². The number of amides is 1. The van der Waals surface area contributed by atoms with Gasteiger partial charge in [0.1, 0.15) is 35.4 Å². The molecule has 384 valence electrons. The smallest absolute Gasteiger partial charge is 0.253 e. The number of ether oxygens (including phenoxy) is 2. The van der Waals surface area contributed by atoms with Crippen molar-refractivity contribution in [3.63, 3.8) is 0 Å². The van der Waals surface area contributed by atoms with Gasteiger partial charge in [-0.25, -0.2) is 15.0 Å². The molecule has 4 aromatic heterocycles. The molecule has 1 saturated carbocycles. The number of nitrogens with zero attached hydrogens (tertiary/aromatic N) is 10. The van der Waals surface area contributed by atoms with Crippen LogP contribution in [0, 0.1) is 28.1 Å². The molecule has 1 aliphatic carbocycles. The van der Waals surface area contributed by atoms with E-state index in [1.54, 1.807) is 24.4 Å². The standard InChI is InChI=1S/C55H73ClN12O4/c1-6-40-36-61-68-47(31-48(62-50(40)68)67-21-8-7-10-43(67)19-28-69)58-33-39-11-16-49(60-34-39)71-29-9-20-64-24-26-65(27-25-64)37-38-17-22-66(23-18-38)46-15-13-42(35-59-46)51(70)63-52-54(2,3)53(55(52,4)5)72-44-14-12-41(32-57)45(56)30-44/h11-16,30-31,34-36,38,43,52-53,58,69H,6-10,17-29,33,37H2,1-5H3,(H,63,70)/t43-,52-,53-/m1/s1. The van der Waals surface area contributed by atoms with Gasteiger partial charge in [0.15, 0.2) is 5.65 Å².